The fraction of sp³-hybridized carbons (Fsp3) is 0.143. The van der Waals surface area contributed by atoms with E-state index < -0.39 is 15.8 Å². The van der Waals surface area contributed by atoms with Crippen molar-refractivity contribution in [3.8, 4) is 0 Å². The minimum atomic E-state index is -3.84. The first kappa shape index (κ1) is 14.3. The first-order valence-corrected chi connectivity index (χ1v) is 7.53. The van der Waals surface area contributed by atoms with Gasteiger partial charge in [0.2, 0.25) is 0 Å². The van der Waals surface area contributed by atoms with Gasteiger partial charge in [-0.05, 0) is 37.3 Å². The Morgan fingerprint density at radius 2 is 1.80 bits per heavy atom. The molecule has 0 saturated carbocycles. The van der Waals surface area contributed by atoms with Crippen LogP contribution in [-0.4, -0.2) is 15.0 Å². The van der Waals surface area contributed by atoms with Crippen LogP contribution in [0.1, 0.15) is 6.92 Å². The normalized spacial score (nSPS) is 11.3. The molecular weight excluding hydrogens is 279 g/mol. The molecule has 0 fully saturated rings. The predicted molar refractivity (Wildman–Crippen MR) is 77.5 cm³/mol. The van der Waals surface area contributed by atoms with Gasteiger partial charge in [0.05, 0.1) is 10.6 Å². The van der Waals surface area contributed by atoms with Gasteiger partial charge in [0, 0.05) is 12.2 Å². The summed E-state index contributed by atoms with van der Waals surface area (Å²) < 4.78 is 39.7. The van der Waals surface area contributed by atoms with E-state index in [1.54, 1.807) is 37.3 Å². The predicted octanol–water partition coefficient (Wildman–Crippen LogP) is 2.62. The number of nitrogens with two attached hydrogens (primary N) is 1. The van der Waals surface area contributed by atoms with E-state index in [4.69, 9.17) is 5.73 Å². The van der Waals surface area contributed by atoms with Gasteiger partial charge in [-0.1, -0.05) is 18.2 Å². The SMILES string of the molecule is CCN(c1ccccc1)S(=O)(=O)c1cc(N)cc(F)c1. The van der Waals surface area contributed by atoms with Crippen LogP contribution in [0.2, 0.25) is 0 Å². The lowest BCUT2D eigenvalue weighted by Gasteiger charge is -2.23. The molecule has 0 aromatic heterocycles. The summed E-state index contributed by atoms with van der Waals surface area (Å²) in [7, 11) is -3.84. The van der Waals surface area contributed by atoms with Crippen molar-refractivity contribution in [3.63, 3.8) is 0 Å². The highest BCUT2D eigenvalue weighted by Gasteiger charge is 2.24. The Bertz CT molecular complexity index is 682. The van der Waals surface area contributed by atoms with E-state index in [9.17, 15) is 12.8 Å². The zero-order valence-corrected chi connectivity index (χ0v) is 11.8. The molecule has 0 aliphatic rings. The maximum Gasteiger partial charge on any atom is 0.264 e. The number of anilines is 2. The van der Waals surface area contributed by atoms with Gasteiger partial charge in [-0.25, -0.2) is 12.8 Å². The number of halogens is 1. The van der Waals surface area contributed by atoms with Gasteiger partial charge in [-0.3, -0.25) is 4.31 Å². The van der Waals surface area contributed by atoms with Crippen LogP contribution >= 0.6 is 0 Å². The summed E-state index contributed by atoms with van der Waals surface area (Å²) in [6.45, 7) is 1.95. The molecule has 20 heavy (non-hydrogen) atoms. The van der Waals surface area contributed by atoms with Crippen molar-refractivity contribution < 1.29 is 12.8 Å². The number of sulfonamides is 1. The highest BCUT2D eigenvalue weighted by Crippen LogP contribution is 2.25. The second kappa shape index (κ2) is 5.50. The van der Waals surface area contributed by atoms with Gasteiger partial charge >= 0.3 is 0 Å². The van der Waals surface area contributed by atoms with Crippen LogP contribution in [0.4, 0.5) is 15.8 Å². The van der Waals surface area contributed by atoms with Crippen molar-refractivity contribution in [1.82, 2.24) is 0 Å². The molecule has 2 rings (SSSR count). The molecule has 4 nitrogen and oxygen atoms in total. The highest BCUT2D eigenvalue weighted by atomic mass is 32.2. The van der Waals surface area contributed by atoms with Crippen LogP contribution in [0.25, 0.3) is 0 Å². The smallest absolute Gasteiger partial charge is 0.264 e. The number of hydrogen-bond acceptors (Lipinski definition) is 3. The summed E-state index contributed by atoms with van der Waals surface area (Å²) in [5.41, 5.74) is 6.12. The molecule has 0 spiro atoms. The fourth-order valence-corrected chi connectivity index (χ4v) is 3.49. The average Bonchev–Trinajstić information content (AvgIpc) is 2.39. The molecule has 0 radical (unpaired) electrons. The lowest BCUT2D eigenvalue weighted by Crippen LogP contribution is -2.30. The Morgan fingerprint density at radius 3 is 2.35 bits per heavy atom. The van der Waals surface area contributed by atoms with Gasteiger partial charge < -0.3 is 5.73 Å². The van der Waals surface area contributed by atoms with Crippen LogP contribution in [0.15, 0.2) is 53.4 Å². The third-order valence-electron chi connectivity index (χ3n) is 2.81. The second-order valence-electron chi connectivity index (χ2n) is 4.23. The minimum Gasteiger partial charge on any atom is -0.399 e. The Hall–Kier alpha value is -2.08. The Kier molecular flexibility index (Phi) is 3.94. The van der Waals surface area contributed by atoms with Gasteiger partial charge in [0.1, 0.15) is 5.82 Å². The second-order valence-corrected chi connectivity index (χ2v) is 6.09. The lowest BCUT2D eigenvalue weighted by molar-refractivity contribution is 0.587. The van der Waals surface area contributed by atoms with E-state index >= 15 is 0 Å². The monoisotopic (exact) mass is 294 g/mol. The number of nitrogens with zero attached hydrogens (tertiary/aromatic N) is 1. The third kappa shape index (κ3) is 2.75. The highest BCUT2D eigenvalue weighted by molar-refractivity contribution is 7.92. The molecule has 2 N–H and O–H groups in total. The zero-order chi connectivity index (χ0) is 14.8. The maximum absolute atomic E-state index is 13.4. The van der Waals surface area contributed by atoms with E-state index in [0.717, 1.165) is 12.1 Å². The summed E-state index contributed by atoms with van der Waals surface area (Å²) in [4.78, 5) is -0.152. The maximum atomic E-state index is 13.4. The summed E-state index contributed by atoms with van der Waals surface area (Å²) in [6, 6.07) is 12.0. The molecule has 2 aromatic carbocycles. The molecule has 0 amide bonds. The van der Waals surface area contributed by atoms with E-state index in [1.807, 2.05) is 0 Å². The molecule has 106 valence electrons. The van der Waals surface area contributed by atoms with E-state index in [2.05, 4.69) is 0 Å². The lowest BCUT2D eigenvalue weighted by atomic mass is 10.3. The number of hydrogen-bond donors (Lipinski definition) is 1. The fourth-order valence-electron chi connectivity index (χ4n) is 1.95. The van der Waals surface area contributed by atoms with Gasteiger partial charge in [-0.2, -0.15) is 0 Å². The van der Waals surface area contributed by atoms with Crippen molar-refractivity contribution in [2.45, 2.75) is 11.8 Å². The summed E-state index contributed by atoms with van der Waals surface area (Å²) >= 11 is 0. The Balaban J connectivity index is 2.52. The largest absolute Gasteiger partial charge is 0.399 e. The number of para-hydroxylation sites is 1. The molecule has 6 heteroatoms. The van der Waals surface area contributed by atoms with Crippen molar-refractivity contribution >= 4 is 21.4 Å². The minimum absolute atomic E-state index is 0.0766. The number of rotatable bonds is 4. The molecular formula is C14H15FN2O2S. The molecule has 0 unspecified atom stereocenters. The van der Waals surface area contributed by atoms with Crippen molar-refractivity contribution in [2.75, 3.05) is 16.6 Å². The van der Waals surface area contributed by atoms with Gasteiger partial charge in [0.25, 0.3) is 10.0 Å². The molecule has 0 saturated heterocycles. The molecule has 0 aliphatic heterocycles. The van der Waals surface area contributed by atoms with E-state index in [0.29, 0.717) is 5.69 Å². The summed E-state index contributed by atoms with van der Waals surface area (Å²) in [5, 5.41) is 0. The van der Waals surface area contributed by atoms with Crippen LogP contribution in [0.3, 0.4) is 0 Å². The number of nitrogen functional groups attached to an aromatic ring is 1. The molecule has 0 aliphatic carbocycles. The Labute approximate surface area is 117 Å². The van der Waals surface area contributed by atoms with Crippen LogP contribution in [-0.2, 0) is 10.0 Å². The number of benzene rings is 2. The first-order chi connectivity index (χ1) is 9.45. The van der Waals surface area contributed by atoms with Crippen LogP contribution in [0.5, 0.6) is 0 Å². The van der Waals surface area contributed by atoms with Crippen LogP contribution in [0, 0.1) is 5.82 Å². The quantitative estimate of drug-likeness (QED) is 0.882. The Morgan fingerprint density at radius 1 is 1.15 bits per heavy atom. The van der Waals surface area contributed by atoms with E-state index in [1.165, 1.54) is 10.4 Å². The van der Waals surface area contributed by atoms with Crippen molar-refractivity contribution in [1.29, 1.82) is 0 Å². The molecule has 0 heterocycles. The first-order valence-electron chi connectivity index (χ1n) is 6.09. The van der Waals surface area contributed by atoms with Crippen LogP contribution < -0.4 is 10.0 Å². The standard InChI is InChI=1S/C14H15FN2O2S/c1-2-17(13-6-4-3-5-7-13)20(18,19)14-9-11(15)8-12(16)10-14/h3-10H,2,16H2,1H3. The summed E-state index contributed by atoms with van der Waals surface area (Å²) in [5.74, 6) is -0.673. The van der Waals surface area contributed by atoms with E-state index in [-0.39, 0.29) is 17.1 Å². The average molecular weight is 294 g/mol. The van der Waals surface area contributed by atoms with Crippen molar-refractivity contribution in [3.05, 3.63) is 54.3 Å². The zero-order valence-electron chi connectivity index (χ0n) is 11.0. The van der Waals surface area contributed by atoms with Crippen molar-refractivity contribution in [2.24, 2.45) is 0 Å². The summed E-state index contributed by atoms with van der Waals surface area (Å²) in [6.07, 6.45) is 0. The molecule has 0 atom stereocenters. The molecule has 0 bridgehead atoms. The van der Waals surface area contributed by atoms with Gasteiger partial charge in [-0.15, -0.1) is 0 Å². The topological polar surface area (TPSA) is 63.4 Å². The van der Waals surface area contributed by atoms with Gasteiger partial charge in [0.15, 0.2) is 0 Å². The molecule has 2 aromatic rings. The third-order valence-corrected chi connectivity index (χ3v) is 4.69.